The lowest BCUT2D eigenvalue weighted by Gasteiger charge is -2.17. The van der Waals surface area contributed by atoms with Crippen LogP contribution in [0, 0.1) is 11.3 Å². The van der Waals surface area contributed by atoms with Crippen LogP contribution in [0.5, 0.6) is 5.75 Å². The van der Waals surface area contributed by atoms with Gasteiger partial charge >= 0.3 is 6.18 Å². The molecule has 0 aliphatic carbocycles. The zero-order chi connectivity index (χ0) is 19.5. The lowest BCUT2D eigenvalue weighted by atomic mass is 10.2. The number of hydrogen-bond acceptors (Lipinski definition) is 4. The Morgan fingerprint density at radius 3 is 2.35 bits per heavy atom. The third-order valence-corrected chi connectivity index (χ3v) is 4.65. The maximum Gasteiger partial charge on any atom is 0.417 e. The van der Waals surface area contributed by atoms with Gasteiger partial charge in [-0.1, -0.05) is 18.2 Å². The molecule has 0 fully saturated rings. The van der Waals surface area contributed by atoms with Gasteiger partial charge in [-0.05, 0) is 38.1 Å². The van der Waals surface area contributed by atoms with Crippen molar-refractivity contribution in [3.8, 4) is 11.8 Å². The van der Waals surface area contributed by atoms with E-state index in [1.807, 2.05) is 10.8 Å². The predicted octanol–water partition coefficient (Wildman–Crippen LogP) is 4.17. The molecule has 5 nitrogen and oxygen atoms in total. The summed E-state index contributed by atoms with van der Waals surface area (Å²) in [4.78, 5) is -0.924. The fourth-order valence-corrected chi connectivity index (χ4v) is 3.52. The van der Waals surface area contributed by atoms with Gasteiger partial charge in [-0.2, -0.15) is 18.4 Å². The summed E-state index contributed by atoms with van der Waals surface area (Å²) in [5, 5.41) is 9.32. The van der Waals surface area contributed by atoms with Crippen molar-refractivity contribution < 1.29 is 26.3 Å². The van der Waals surface area contributed by atoms with Gasteiger partial charge in [0.2, 0.25) is 0 Å². The van der Waals surface area contributed by atoms with Crippen LogP contribution in [0.3, 0.4) is 0 Å². The maximum atomic E-state index is 13.1. The number of anilines is 1. The summed E-state index contributed by atoms with van der Waals surface area (Å²) >= 11 is 0. The van der Waals surface area contributed by atoms with Crippen molar-refractivity contribution in [2.24, 2.45) is 0 Å². The Balaban J connectivity index is 2.51. The highest BCUT2D eigenvalue weighted by Crippen LogP contribution is 2.35. The van der Waals surface area contributed by atoms with Gasteiger partial charge in [0.15, 0.2) is 0 Å². The minimum Gasteiger partial charge on any atom is -0.490 e. The molecule has 9 heteroatoms. The van der Waals surface area contributed by atoms with Crippen LogP contribution in [0.1, 0.15) is 25.0 Å². The third-order valence-electron chi connectivity index (χ3n) is 3.23. The van der Waals surface area contributed by atoms with Crippen LogP contribution in [0.15, 0.2) is 47.4 Å². The lowest BCUT2D eigenvalue weighted by Crippen LogP contribution is -2.19. The fourth-order valence-electron chi connectivity index (χ4n) is 2.22. The van der Waals surface area contributed by atoms with Crippen molar-refractivity contribution in [3.05, 3.63) is 53.6 Å². The molecule has 138 valence electrons. The smallest absolute Gasteiger partial charge is 0.417 e. The van der Waals surface area contributed by atoms with Crippen molar-refractivity contribution >= 4 is 15.7 Å². The number of ether oxygens (including phenoxy) is 1. The first kappa shape index (κ1) is 19.6. The van der Waals surface area contributed by atoms with Gasteiger partial charge in [-0.25, -0.2) is 8.42 Å². The minimum atomic E-state index is -4.84. The van der Waals surface area contributed by atoms with Gasteiger partial charge in [0.05, 0.1) is 22.3 Å². The summed E-state index contributed by atoms with van der Waals surface area (Å²) in [7, 11) is -4.58. The van der Waals surface area contributed by atoms with Gasteiger partial charge in [-0.15, -0.1) is 0 Å². The molecule has 26 heavy (non-hydrogen) atoms. The van der Waals surface area contributed by atoms with Crippen LogP contribution in [0.25, 0.3) is 0 Å². The Kier molecular flexibility index (Phi) is 5.47. The minimum absolute atomic E-state index is 0.116. The quantitative estimate of drug-likeness (QED) is 0.839. The molecule has 0 aromatic heterocycles. The Labute approximate surface area is 149 Å². The van der Waals surface area contributed by atoms with Gasteiger partial charge in [0, 0.05) is 0 Å². The van der Waals surface area contributed by atoms with Crippen LogP contribution in [-0.4, -0.2) is 14.5 Å². The van der Waals surface area contributed by atoms with E-state index in [1.54, 1.807) is 13.8 Å². The van der Waals surface area contributed by atoms with Crippen LogP contribution in [0.2, 0.25) is 0 Å². The van der Waals surface area contributed by atoms with E-state index in [4.69, 9.17) is 4.74 Å². The monoisotopic (exact) mass is 384 g/mol. The van der Waals surface area contributed by atoms with Crippen molar-refractivity contribution in [2.45, 2.75) is 31.0 Å². The van der Waals surface area contributed by atoms with E-state index in [0.29, 0.717) is 6.07 Å². The zero-order valence-corrected chi connectivity index (χ0v) is 14.6. The summed E-state index contributed by atoms with van der Waals surface area (Å²) < 4.78 is 71.8. The molecule has 0 unspecified atom stereocenters. The number of hydrogen-bond donors (Lipinski definition) is 1. The molecule has 0 saturated carbocycles. The van der Waals surface area contributed by atoms with Gasteiger partial charge in [0.25, 0.3) is 10.0 Å². The van der Waals surface area contributed by atoms with Crippen LogP contribution in [-0.2, 0) is 16.2 Å². The number of halogens is 3. The largest absolute Gasteiger partial charge is 0.490 e. The number of rotatable bonds is 5. The first-order valence-corrected chi connectivity index (χ1v) is 8.93. The van der Waals surface area contributed by atoms with E-state index in [2.05, 4.69) is 0 Å². The van der Waals surface area contributed by atoms with Crippen molar-refractivity contribution in [3.63, 3.8) is 0 Å². The summed E-state index contributed by atoms with van der Waals surface area (Å²) in [5.74, 6) is 0.131. The molecule has 0 atom stereocenters. The summed E-state index contributed by atoms with van der Waals surface area (Å²) in [6, 6.07) is 9.82. The molecule has 2 aromatic rings. The topological polar surface area (TPSA) is 79.2 Å². The second-order valence-electron chi connectivity index (χ2n) is 5.56. The second-order valence-corrected chi connectivity index (χ2v) is 7.21. The van der Waals surface area contributed by atoms with Crippen molar-refractivity contribution in [1.29, 1.82) is 5.26 Å². The lowest BCUT2D eigenvalue weighted by molar-refractivity contribution is -0.139. The molecule has 1 N–H and O–H groups in total. The number of nitriles is 1. The van der Waals surface area contributed by atoms with Crippen molar-refractivity contribution in [2.75, 3.05) is 4.72 Å². The highest BCUT2D eigenvalue weighted by Gasteiger charge is 2.37. The number of nitrogens with zero attached hydrogens (tertiary/aromatic N) is 1. The Morgan fingerprint density at radius 1 is 1.12 bits per heavy atom. The SMILES string of the molecule is CC(C)Oc1cccc(NS(=O)(=O)c2ccccc2C(F)(F)F)c1C#N. The molecule has 0 heterocycles. The number of benzene rings is 2. The number of sulfonamides is 1. The molecular formula is C17H15F3N2O3S. The van der Waals surface area contributed by atoms with Gasteiger partial charge < -0.3 is 4.74 Å². The zero-order valence-electron chi connectivity index (χ0n) is 13.8. The molecule has 0 bridgehead atoms. The first-order valence-electron chi connectivity index (χ1n) is 7.45. The highest BCUT2D eigenvalue weighted by atomic mass is 32.2. The summed E-state index contributed by atoms with van der Waals surface area (Å²) in [6.45, 7) is 3.44. The Morgan fingerprint density at radius 2 is 1.77 bits per heavy atom. The summed E-state index contributed by atoms with van der Waals surface area (Å²) in [6.07, 6.45) is -5.12. The molecule has 0 radical (unpaired) electrons. The molecule has 0 aliphatic heterocycles. The highest BCUT2D eigenvalue weighted by molar-refractivity contribution is 7.92. The third kappa shape index (κ3) is 4.26. The maximum absolute atomic E-state index is 13.1. The normalized spacial score (nSPS) is 11.9. The first-order chi connectivity index (χ1) is 12.1. The number of alkyl halides is 3. The molecule has 2 rings (SSSR count). The Bertz CT molecular complexity index is 948. The fraction of sp³-hybridized carbons (Fsp3) is 0.235. The van der Waals surface area contributed by atoms with E-state index < -0.39 is 26.7 Å². The van der Waals surface area contributed by atoms with E-state index in [9.17, 15) is 26.9 Å². The summed E-state index contributed by atoms with van der Waals surface area (Å²) in [5.41, 5.74) is -1.57. The van der Waals surface area contributed by atoms with E-state index >= 15 is 0 Å². The molecule has 0 aliphatic rings. The molecule has 0 spiro atoms. The molecule has 2 aromatic carbocycles. The van der Waals surface area contributed by atoms with E-state index in [0.717, 1.165) is 12.1 Å². The second kappa shape index (κ2) is 7.25. The predicted molar refractivity (Wildman–Crippen MR) is 89.2 cm³/mol. The molecular weight excluding hydrogens is 369 g/mol. The molecule has 0 amide bonds. The van der Waals surface area contributed by atoms with Gasteiger partial charge in [-0.3, -0.25) is 4.72 Å². The molecule has 0 saturated heterocycles. The van der Waals surface area contributed by atoms with Crippen molar-refractivity contribution in [1.82, 2.24) is 0 Å². The average molecular weight is 384 g/mol. The standard InChI is InChI=1S/C17H15F3N2O3S/c1-11(2)25-15-8-5-7-14(12(15)10-21)22-26(23,24)16-9-4-3-6-13(16)17(18,19)20/h3-9,11,22H,1-2H3. The van der Waals surface area contributed by atoms with Gasteiger partial charge in [0.1, 0.15) is 17.4 Å². The van der Waals surface area contributed by atoms with Crippen LogP contribution in [0.4, 0.5) is 18.9 Å². The van der Waals surface area contributed by atoms with E-state index in [-0.39, 0.29) is 23.1 Å². The average Bonchev–Trinajstić information content (AvgIpc) is 2.53. The number of nitrogens with one attached hydrogen (secondary N) is 1. The Hall–Kier alpha value is -2.73. The van der Waals surface area contributed by atoms with E-state index in [1.165, 1.54) is 24.3 Å². The van der Waals surface area contributed by atoms with Crippen LogP contribution < -0.4 is 9.46 Å². The van der Waals surface area contributed by atoms with Crippen LogP contribution >= 0.6 is 0 Å².